The molecular weight excluding hydrogens is 231 g/mol. The van der Waals surface area contributed by atoms with Gasteiger partial charge in [-0.2, -0.15) is 13.2 Å². The van der Waals surface area contributed by atoms with Crippen LogP contribution in [0.1, 0.15) is 37.5 Å². The number of aryl methyl sites for hydroxylation is 1. The van der Waals surface area contributed by atoms with E-state index in [9.17, 15) is 13.2 Å². The molecule has 2 rings (SSSR count). The van der Waals surface area contributed by atoms with Crippen LogP contribution >= 0.6 is 0 Å². The Morgan fingerprint density at radius 3 is 2.88 bits per heavy atom. The molecule has 96 valence electrons. The second-order valence-electron chi connectivity index (χ2n) is 4.44. The van der Waals surface area contributed by atoms with Crippen LogP contribution in [0.15, 0.2) is 16.7 Å². The maximum atomic E-state index is 13.4. The molecule has 1 atom stereocenters. The van der Waals surface area contributed by atoms with Crippen LogP contribution in [0.5, 0.6) is 0 Å². The number of hydrogen-bond donors (Lipinski definition) is 1. The average Bonchev–Trinajstić information content (AvgIpc) is 2.73. The van der Waals surface area contributed by atoms with Crippen LogP contribution in [-0.2, 0) is 12.0 Å². The van der Waals surface area contributed by atoms with Gasteiger partial charge in [0.05, 0.1) is 6.26 Å². The molecule has 1 aromatic heterocycles. The molecule has 0 bridgehead atoms. The number of rotatable bonds is 3. The van der Waals surface area contributed by atoms with Crippen molar-refractivity contribution in [3.05, 3.63) is 23.7 Å². The van der Waals surface area contributed by atoms with Crippen molar-refractivity contribution >= 4 is 0 Å². The van der Waals surface area contributed by atoms with Gasteiger partial charge in [0, 0.05) is 12.0 Å². The maximum absolute atomic E-state index is 13.4. The quantitative estimate of drug-likeness (QED) is 0.885. The van der Waals surface area contributed by atoms with E-state index >= 15 is 0 Å². The fourth-order valence-electron chi connectivity index (χ4n) is 2.48. The summed E-state index contributed by atoms with van der Waals surface area (Å²) in [6, 6.07) is 1.45. The van der Waals surface area contributed by atoms with E-state index in [1.54, 1.807) is 0 Å². The highest BCUT2D eigenvalue weighted by Crippen LogP contribution is 2.47. The average molecular weight is 247 g/mol. The van der Waals surface area contributed by atoms with E-state index in [1.165, 1.54) is 12.3 Å². The van der Waals surface area contributed by atoms with Crippen LogP contribution in [0, 0.1) is 0 Å². The molecule has 1 N–H and O–H groups in total. The number of fused-ring (bicyclic) bond motifs is 1. The van der Waals surface area contributed by atoms with E-state index in [2.05, 4.69) is 5.32 Å². The second-order valence-corrected chi connectivity index (χ2v) is 4.44. The summed E-state index contributed by atoms with van der Waals surface area (Å²) in [5, 5.41) is 2.68. The van der Waals surface area contributed by atoms with Gasteiger partial charge < -0.3 is 4.42 Å². The first-order valence-corrected chi connectivity index (χ1v) is 5.90. The highest BCUT2D eigenvalue weighted by molar-refractivity contribution is 5.31. The molecule has 2 nitrogen and oxygen atoms in total. The molecule has 0 aromatic carbocycles. The Labute approximate surface area is 98.2 Å². The number of nitrogens with one attached hydrogen (secondary N) is 1. The first-order chi connectivity index (χ1) is 8.01. The molecule has 0 spiro atoms. The van der Waals surface area contributed by atoms with Crippen molar-refractivity contribution < 1.29 is 17.6 Å². The van der Waals surface area contributed by atoms with Crippen molar-refractivity contribution in [2.24, 2.45) is 0 Å². The van der Waals surface area contributed by atoms with Crippen LogP contribution in [0.25, 0.3) is 0 Å². The highest BCUT2D eigenvalue weighted by atomic mass is 19.4. The summed E-state index contributed by atoms with van der Waals surface area (Å²) in [6.45, 7) is 2.21. The topological polar surface area (TPSA) is 25.2 Å². The lowest BCUT2D eigenvalue weighted by atomic mass is 9.79. The van der Waals surface area contributed by atoms with Crippen LogP contribution in [-0.4, -0.2) is 12.7 Å². The number of alkyl halides is 3. The Hall–Kier alpha value is -0.970. The normalized spacial score (nSPS) is 24.7. The molecule has 1 aliphatic carbocycles. The number of halogens is 3. The lowest BCUT2D eigenvalue weighted by Gasteiger charge is -2.39. The van der Waals surface area contributed by atoms with E-state index in [1.807, 2.05) is 6.92 Å². The first kappa shape index (κ1) is 12.5. The van der Waals surface area contributed by atoms with Crippen molar-refractivity contribution in [1.29, 1.82) is 0 Å². The van der Waals surface area contributed by atoms with Gasteiger partial charge in [0.2, 0.25) is 0 Å². The summed E-state index contributed by atoms with van der Waals surface area (Å²) < 4.78 is 45.3. The predicted molar refractivity (Wildman–Crippen MR) is 57.7 cm³/mol. The zero-order valence-corrected chi connectivity index (χ0v) is 9.73. The zero-order chi connectivity index (χ0) is 12.5. The summed E-state index contributed by atoms with van der Waals surface area (Å²) in [5.41, 5.74) is -1.64. The van der Waals surface area contributed by atoms with E-state index in [0.717, 1.165) is 0 Å². The molecule has 0 saturated carbocycles. The van der Waals surface area contributed by atoms with Gasteiger partial charge >= 0.3 is 6.18 Å². The standard InChI is InChI=1S/C12H16F3NO/c1-2-7-16-11(12(13,14)15)6-3-4-10-9(11)5-8-17-10/h5,8,16H,2-4,6-7H2,1H3. The van der Waals surface area contributed by atoms with E-state index in [4.69, 9.17) is 4.42 Å². The van der Waals surface area contributed by atoms with Crippen molar-refractivity contribution in [2.45, 2.75) is 44.3 Å². The van der Waals surface area contributed by atoms with Gasteiger partial charge in [-0.3, -0.25) is 5.32 Å². The summed E-state index contributed by atoms with van der Waals surface area (Å²) in [4.78, 5) is 0. The SMILES string of the molecule is CCCNC1(C(F)(F)F)CCCc2occc21. The number of furan rings is 1. The lowest BCUT2D eigenvalue weighted by molar-refractivity contribution is -0.205. The Bertz CT molecular complexity index is 385. The van der Waals surface area contributed by atoms with Crippen LogP contribution in [0.3, 0.4) is 0 Å². The first-order valence-electron chi connectivity index (χ1n) is 5.90. The van der Waals surface area contributed by atoms with Crippen molar-refractivity contribution in [1.82, 2.24) is 5.32 Å². The minimum absolute atomic E-state index is 0.0863. The van der Waals surface area contributed by atoms with Gasteiger partial charge in [0.25, 0.3) is 0 Å². The van der Waals surface area contributed by atoms with Gasteiger partial charge in [-0.1, -0.05) is 6.92 Å². The Morgan fingerprint density at radius 2 is 2.24 bits per heavy atom. The third kappa shape index (κ3) is 1.97. The summed E-state index contributed by atoms with van der Waals surface area (Å²) in [7, 11) is 0. The van der Waals surface area contributed by atoms with Gasteiger partial charge in [0.1, 0.15) is 11.3 Å². The fraction of sp³-hybridized carbons (Fsp3) is 0.667. The van der Waals surface area contributed by atoms with Crippen LogP contribution < -0.4 is 5.32 Å². The molecule has 0 aliphatic heterocycles. The highest BCUT2D eigenvalue weighted by Gasteiger charge is 2.57. The number of hydrogen-bond acceptors (Lipinski definition) is 2. The molecule has 1 aromatic rings. The lowest BCUT2D eigenvalue weighted by Crippen LogP contribution is -2.55. The Morgan fingerprint density at radius 1 is 1.47 bits per heavy atom. The van der Waals surface area contributed by atoms with Crippen LogP contribution in [0.2, 0.25) is 0 Å². The van der Waals surface area contributed by atoms with Crippen LogP contribution in [0.4, 0.5) is 13.2 Å². The minimum atomic E-state index is -4.29. The summed E-state index contributed by atoms with van der Waals surface area (Å²) >= 11 is 0. The smallest absolute Gasteiger partial charge is 0.410 e. The van der Waals surface area contributed by atoms with Crippen molar-refractivity contribution in [3.8, 4) is 0 Å². The van der Waals surface area contributed by atoms with E-state index < -0.39 is 11.7 Å². The van der Waals surface area contributed by atoms with Crippen molar-refractivity contribution in [3.63, 3.8) is 0 Å². The summed E-state index contributed by atoms with van der Waals surface area (Å²) in [6.07, 6.45) is -1.09. The summed E-state index contributed by atoms with van der Waals surface area (Å²) in [5.74, 6) is 0.470. The minimum Gasteiger partial charge on any atom is -0.469 e. The van der Waals surface area contributed by atoms with Gasteiger partial charge in [-0.15, -0.1) is 0 Å². The van der Waals surface area contributed by atoms with E-state index in [0.29, 0.717) is 31.6 Å². The Kier molecular flexibility index (Phi) is 3.21. The Balaban J connectivity index is 2.42. The van der Waals surface area contributed by atoms with Crippen molar-refractivity contribution in [2.75, 3.05) is 6.54 Å². The molecule has 1 heterocycles. The largest absolute Gasteiger partial charge is 0.469 e. The second kappa shape index (κ2) is 4.37. The monoisotopic (exact) mass is 247 g/mol. The molecule has 1 unspecified atom stereocenters. The fourth-order valence-corrected chi connectivity index (χ4v) is 2.48. The molecule has 17 heavy (non-hydrogen) atoms. The third-order valence-corrected chi connectivity index (χ3v) is 3.32. The molecule has 5 heteroatoms. The molecule has 0 amide bonds. The molecular formula is C12H16F3NO. The molecule has 0 saturated heterocycles. The van der Waals surface area contributed by atoms with Gasteiger partial charge in [-0.05, 0) is 31.9 Å². The molecule has 0 radical (unpaired) electrons. The molecule has 0 fully saturated rings. The molecule has 1 aliphatic rings. The predicted octanol–water partition coefficient (Wildman–Crippen LogP) is 3.37. The van der Waals surface area contributed by atoms with E-state index in [-0.39, 0.29) is 12.0 Å². The maximum Gasteiger partial charge on any atom is 0.410 e. The third-order valence-electron chi connectivity index (χ3n) is 3.32. The zero-order valence-electron chi connectivity index (χ0n) is 9.73. The van der Waals surface area contributed by atoms with Gasteiger partial charge in [-0.25, -0.2) is 0 Å². The van der Waals surface area contributed by atoms with Gasteiger partial charge in [0.15, 0.2) is 0 Å².